The van der Waals surface area contributed by atoms with Crippen LogP contribution in [0, 0.1) is 42.1 Å². The van der Waals surface area contributed by atoms with Crippen LogP contribution in [-0.2, 0) is 0 Å². The van der Waals surface area contributed by atoms with Crippen LogP contribution < -0.4 is 5.26 Å². The van der Waals surface area contributed by atoms with Crippen LogP contribution in [0.15, 0.2) is 0 Å². The van der Waals surface area contributed by atoms with Crippen molar-refractivity contribution in [3.63, 3.8) is 0 Å². The predicted molar refractivity (Wildman–Crippen MR) is 29.2 cm³/mol. The van der Waals surface area contributed by atoms with Gasteiger partial charge in [0.05, 0.1) is 5.92 Å². The van der Waals surface area contributed by atoms with Crippen molar-refractivity contribution in [2.75, 3.05) is 0 Å². The summed E-state index contributed by atoms with van der Waals surface area (Å²) < 4.78 is 0. The highest BCUT2D eigenvalue weighted by atomic mass is 14.2. The van der Waals surface area contributed by atoms with Crippen LogP contribution >= 0.6 is 0 Å². The third-order valence-corrected chi connectivity index (χ3v) is 0.322. The van der Waals surface area contributed by atoms with Gasteiger partial charge in [-0.15, -0.1) is 6.42 Å². The minimum atomic E-state index is 1.84. The molecule has 0 aliphatic rings. The minimum Gasteiger partial charge on any atom is -0.106 e. The van der Waals surface area contributed by atoms with E-state index in [4.69, 9.17) is 11.7 Å². The van der Waals surface area contributed by atoms with Crippen molar-refractivity contribution in [2.45, 2.75) is 0 Å². The first-order valence-corrected chi connectivity index (χ1v) is 1.79. The summed E-state index contributed by atoms with van der Waals surface area (Å²) in [5.74, 6) is 11.1. The first-order valence-electron chi connectivity index (χ1n) is 1.79. The second-order valence-electron chi connectivity index (χ2n) is 0.769. The maximum Gasteiger partial charge on any atom is 0.363 e. The number of rotatable bonds is 0. The highest BCUT2D eigenvalue weighted by molar-refractivity contribution is 5.36. The molecule has 0 rings (SSSR count). The van der Waals surface area contributed by atoms with Gasteiger partial charge in [0.15, 0.2) is 0 Å². The predicted octanol–water partition coefficient (Wildman–Crippen LogP) is -1.60. The van der Waals surface area contributed by atoms with Gasteiger partial charge in [0, 0.05) is 11.8 Å². The normalized spacial score (nSPS) is 3.25. The van der Waals surface area contributed by atoms with Gasteiger partial charge in [0.2, 0.25) is 0 Å². The number of nitrogens with one attached hydrogen (secondary N) is 1. The van der Waals surface area contributed by atoms with Gasteiger partial charge in [-0.3, -0.25) is 0 Å². The molecule has 0 amide bonds. The van der Waals surface area contributed by atoms with Crippen molar-refractivity contribution in [3.8, 4) is 42.1 Å². The molecule has 0 bridgehead atoms. The lowest BCUT2D eigenvalue weighted by Crippen LogP contribution is -2.15. The third kappa shape index (κ3) is 4.17. The summed E-state index contributed by atoms with van der Waals surface area (Å²) in [5.41, 5.74) is 0. The van der Waals surface area contributed by atoms with E-state index >= 15 is 0 Å². The average Bonchev–Trinajstić information content (AvgIpc) is 1.81. The summed E-state index contributed by atoms with van der Waals surface area (Å²) in [6.07, 6.45) is 4.75. The second-order valence-corrected chi connectivity index (χ2v) is 0.769. The monoisotopic (exact) mass is 100 g/mol. The van der Waals surface area contributed by atoms with Crippen molar-refractivity contribution < 1.29 is 5.26 Å². The molecule has 1 nitrogen and oxygen atoms in total. The van der Waals surface area contributed by atoms with E-state index in [1.54, 1.807) is 0 Å². The van der Waals surface area contributed by atoms with Crippen molar-refractivity contribution in [2.24, 2.45) is 0 Å². The molecule has 1 N–H and O–H groups in total. The number of hydrogen-bond donors (Lipinski definition) is 1. The first-order chi connectivity index (χ1) is 3.91. The Hall–Kier alpha value is -1.83. The fraction of sp³-hybridized carbons (Fsp3) is 0. The second kappa shape index (κ2) is 5.17. The molecular formula is C7H2N+. The Labute approximate surface area is 48.3 Å². The van der Waals surface area contributed by atoms with Gasteiger partial charge in [-0.05, 0) is 11.8 Å². The van der Waals surface area contributed by atoms with Gasteiger partial charge in [-0.1, -0.05) is 5.26 Å². The molecule has 1 heteroatoms. The maximum absolute atomic E-state index is 6.30. The molecule has 0 aliphatic carbocycles. The smallest absolute Gasteiger partial charge is 0.106 e. The van der Waals surface area contributed by atoms with Crippen molar-refractivity contribution in [1.29, 1.82) is 0 Å². The van der Waals surface area contributed by atoms with Gasteiger partial charge < -0.3 is 0 Å². The molecule has 0 aromatic carbocycles. The largest absolute Gasteiger partial charge is 0.363 e. The van der Waals surface area contributed by atoms with Crippen molar-refractivity contribution in [1.82, 2.24) is 0 Å². The Bertz CT molecular complexity index is 221. The van der Waals surface area contributed by atoms with Gasteiger partial charge in [-0.25, -0.2) is 0 Å². The topological polar surface area (TPSA) is 23.8 Å². The van der Waals surface area contributed by atoms with Crippen molar-refractivity contribution >= 4 is 0 Å². The van der Waals surface area contributed by atoms with Crippen LogP contribution in [0.2, 0.25) is 0 Å². The van der Waals surface area contributed by atoms with Crippen LogP contribution in [-0.4, -0.2) is 0 Å². The Kier molecular flexibility index (Phi) is 3.99. The summed E-state index contributed by atoms with van der Waals surface area (Å²) in [5, 5.41) is 6.30. The fourth-order valence-electron chi connectivity index (χ4n) is 0.130. The quantitative estimate of drug-likeness (QED) is 0.354. The van der Waals surface area contributed by atoms with E-state index in [9.17, 15) is 0 Å². The molecule has 0 saturated heterocycles. The highest BCUT2D eigenvalue weighted by Crippen LogP contribution is 1.48. The van der Waals surface area contributed by atoms with E-state index in [0.29, 0.717) is 0 Å². The van der Waals surface area contributed by atoms with Crippen molar-refractivity contribution in [3.05, 3.63) is 0 Å². The Morgan fingerprint density at radius 1 is 1.00 bits per heavy atom. The summed E-state index contributed by atoms with van der Waals surface area (Å²) in [4.78, 5) is 0. The van der Waals surface area contributed by atoms with Crippen LogP contribution in [0.25, 0.3) is 0 Å². The SMILES string of the molecule is C#CC#CC#CC#[NH+]. The molecule has 0 atom stereocenters. The third-order valence-electron chi connectivity index (χ3n) is 0.322. The lowest BCUT2D eigenvalue weighted by atomic mass is 10.5. The van der Waals surface area contributed by atoms with Gasteiger partial charge in [-0.2, -0.15) is 0 Å². The summed E-state index contributed by atoms with van der Waals surface area (Å²) in [7, 11) is 0. The zero-order valence-electron chi connectivity index (χ0n) is 4.08. The zero-order chi connectivity index (χ0) is 6.24. The van der Waals surface area contributed by atoms with E-state index in [2.05, 4.69) is 29.6 Å². The zero-order valence-corrected chi connectivity index (χ0v) is 4.08. The van der Waals surface area contributed by atoms with E-state index < -0.39 is 0 Å². The van der Waals surface area contributed by atoms with Gasteiger partial charge in [0.25, 0.3) is 0 Å². The Morgan fingerprint density at radius 3 is 2.12 bits per heavy atom. The lowest BCUT2D eigenvalue weighted by molar-refractivity contribution is -0.0895. The van der Waals surface area contributed by atoms with Crippen LogP contribution in [0.4, 0.5) is 0 Å². The van der Waals surface area contributed by atoms with E-state index in [1.165, 1.54) is 0 Å². The standard InChI is InChI=1S/C7HN/c1-2-3-4-5-6-7-8/h1H/p+1. The lowest BCUT2D eigenvalue weighted by Gasteiger charge is -1.46. The minimum absolute atomic E-state index is 1.84. The molecule has 0 unspecified atom stereocenters. The number of hydrogen-bond acceptors (Lipinski definition) is 0. The van der Waals surface area contributed by atoms with Crippen LogP contribution in [0.3, 0.4) is 0 Å². The maximum atomic E-state index is 6.30. The molecule has 0 aromatic heterocycles. The van der Waals surface area contributed by atoms with E-state index in [1.807, 2.05) is 6.07 Å². The molecule has 0 saturated carbocycles. The van der Waals surface area contributed by atoms with Crippen LogP contribution in [0.1, 0.15) is 0 Å². The van der Waals surface area contributed by atoms with Gasteiger partial charge >= 0.3 is 6.07 Å². The number of terminal acetylenes is 1. The average molecular weight is 100 g/mol. The molecule has 0 radical (unpaired) electrons. The van der Waals surface area contributed by atoms with Gasteiger partial charge in [0.1, 0.15) is 0 Å². The molecule has 34 valence electrons. The molecular weight excluding hydrogens is 98.1 g/mol. The Balaban J connectivity index is 3.85. The molecule has 0 spiro atoms. The van der Waals surface area contributed by atoms with Crippen LogP contribution in [0.5, 0.6) is 0 Å². The Morgan fingerprint density at radius 2 is 1.62 bits per heavy atom. The molecule has 0 aliphatic heterocycles. The van der Waals surface area contributed by atoms with E-state index in [-0.39, 0.29) is 0 Å². The highest BCUT2D eigenvalue weighted by Gasteiger charge is 1.57. The summed E-state index contributed by atoms with van der Waals surface area (Å²) >= 11 is 0. The summed E-state index contributed by atoms with van der Waals surface area (Å²) in [6.45, 7) is 0. The first kappa shape index (κ1) is 6.17. The molecule has 8 heavy (non-hydrogen) atoms. The molecule has 0 heterocycles. The van der Waals surface area contributed by atoms with E-state index in [0.717, 1.165) is 0 Å². The molecule has 0 fully saturated rings. The molecule has 0 aromatic rings. The fourth-order valence-corrected chi connectivity index (χ4v) is 0.130. The summed E-state index contributed by atoms with van der Waals surface area (Å²) in [6, 6.07) is 1.84.